The number of rotatable bonds is 6. The van der Waals surface area contributed by atoms with Crippen LogP contribution in [0.2, 0.25) is 0 Å². The maximum absolute atomic E-state index is 13.2. The molecule has 1 saturated heterocycles. The Balaban J connectivity index is 1.50. The van der Waals surface area contributed by atoms with E-state index in [-0.39, 0.29) is 11.7 Å². The van der Waals surface area contributed by atoms with Crippen LogP contribution in [0.15, 0.2) is 81.1 Å². The van der Waals surface area contributed by atoms with Gasteiger partial charge in [-0.3, -0.25) is 9.69 Å². The van der Waals surface area contributed by atoms with E-state index < -0.39 is 0 Å². The Morgan fingerprint density at radius 3 is 2.52 bits per heavy atom. The first-order valence-electron chi connectivity index (χ1n) is 10.2. The van der Waals surface area contributed by atoms with E-state index in [1.807, 2.05) is 55.5 Å². The Hall–Kier alpha value is -2.17. The number of hydrogen-bond acceptors (Lipinski definition) is 4. The first-order chi connectivity index (χ1) is 15.9. The van der Waals surface area contributed by atoms with Gasteiger partial charge in [0.1, 0.15) is 18.2 Å². The molecule has 0 atom stereocenters. The molecule has 1 heterocycles. The van der Waals surface area contributed by atoms with E-state index in [1.54, 1.807) is 17.0 Å². The molecular formula is C25H19BrFIN2O2S. The molecule has 1 amide bonds. The van der Waals surface area contributed by atoms with Crippen LogP contribution < -0.4 is 4.74 Å². The second-order valence-corrected chi connectivity index (χ2v) is 10.2. The van der Waals surface area contributed by atoms with Crippen LogP contribution in [0.3, 0.4) is 0 Å². The van der Waals surface area contributed by atoms with Gasteiger partial charge in [0.25, 0.3) is 5.91 Å². The minimum atomic E-state index is -0.321. The van der Waals surface area contributed by atoms with Crippen molar-refractivity contribution in [3.8, 4) is 5.75 Å². The molecule has 4 nitrogen and oxygen atoms in total. The zero-order chi connectivity index (χ0) is 23.4. The minimum absolute atomic E-state index is 0.0986. The highest BCUT2D eigenvalue weighted by atomic mass is 127. The average Bonchev–Trinajstić information content (AvgIpc) is 3.09. The normalized spacial score (nSPS) is 16.1. The Morgan fingerprint density at radius 2 is 1.85 bits per heavy atom. The molecule has 1 aliphatic heterocycles. The second-order valence-electron chi connectivity index (χ2n) is 7.14. The maximum atomic E-state index is 13.2. The van der Waals surface area contributed by atoms with Gasteiger partial charge in [0.15, 0.2) is 5.17 Å². The van der Waals surface area contributed by atoms with Crippen LogP contribution in [0.1, 0.15) is 18.1 Å². The SMILES string of the molecule is CCN1C(=O)/C(=C\c2ccc(OCc3ccc(I)cc3)c(Br)c2)SC1=Nc1ccc(F)cc1. The van der Waals surface area contributed by atoms with Gasteiger partial charge in [0.05, 0.1) is 15.1 Å². The van der Waals surface area contributed by atoms with Crippen LogP contribution in [-0.2, 0) is 11.4 Å². The van der Waals surface area contributed by atoms with Gasteiger partial charge in [0, 0.05) is 10.1 Å². The molecule has 0 aromatic heterocycles. The quantitative estimate of drug-likeness (QED) is 0.209. The molecule has 3 aromatic carbocycles. The van der Waals surface area contributed by atoms with E-state index in [0.29, 0.717) is 28.9 Å². The summed E-state index contributed by atoms with van der Waals surface area (Å²) in [6.45, 7) is 2.87. The summed E-state index contributed by atoms with van der Waals surface area (Å²) in [6.07, 6.45) is 1.84. The van der Waals surface area contributed by atoms with Crippen LogP contribution in [0, 0.1) is 9.39 Å². The number of aliphatic imine (C=N–C) groups is 1. The number of ether oxygens (including phenoxy) is 1. The molecular weight excluding hydrogens is 618 g/mol. The molecule has 0 bridgehead atoms. The van der Waals surface area contributed by atoms with Gasteiger partial charge in [-0.15, -0.1) is 0 Å². The third kappa shape index (κ3) is 6.04. The van der Waals surface area contributed by atoms with Gasteiger partial charge in [0.2, 0.25) is 0 Å². The molecule has 1 fully saturated rings. The van der Waals surface area contributed by atoms with E-state index in [0.717, 1.165) is 21.3 Å². The third-order valence-corrected chi connectivity index (χ3v) is 7.16. The summed E-state index contributed by atoms with van der Waals surface area (Å²) in [5, 5.41) is 0.580. The zero-order valence-corrected chi connectivity index (χ0v) is 22.2. The number of thioether (sulfide) groups is 1. The first kappa shape index (κ1) is 24.0. The number of likely N-dealkylation sites (N-methyl/N-ethyl adjacent to an activating group) is 1. The molecule has 0 N–H and O–H groups in total. The predicted octanol–water partition coefficient (Wildman–Crippen LogP) is 7.40. The number of amides is 1. The lowest BCUT2D eigenvalue weighted by molar-refractivity contribution is -0.122. The summed E-state index contributed by atoms with van der Waals surface area (Å²) in [7, 11) is 0. The highest BCUT2D eigenvalue weighted by Gasteiger charge is 2.32. The summed E-state index contributed by atoms with van der Waals surface area (Å²) >= 11 is 7.16. The molecule has 0 aliphatic carbocycles. The number of amidine groups is 1. The molecule has 3 aromatic rings. The van der Waals surface area contributed by atoms with Crippen molar-refractivity contribution < 1.29 is 13.9 Å². The van der Waals surface area contributed by atoms with E-state index >= 15 is 0 Å². The van der Waals surface area contributed by atoms with Crippen molar-refractivity contribution >= 4 is 73.1 Å². The second kappa shape index (κ2) is 10.8. The van der Waals surface area contributed by atoms with E-state index in [2.05, 4.69) is 43.5 Å². The summed E-state index contributed by atoms with van der Waals surface area (Å²) in [4.78, 5) is 19.6. The summed E-state index contributed by atoms with van der Waals surface area (Å²) in [5.74, 6) is 0.312. The fourth-order valence-electron chi connectivity index (χ4n) is 3.11. The van der Waals surface area contributed by atoms with Crippen LogP contribution in [0.4, 0.5) is 10.1 Å². The van der Waals surface area contributed by atoms with Gasteiger partial charge in [-0.25, -0.2) is 9.38 Å². The first-order valence-corrected chi connectivity index (χ1v) is 12.8. The van der Waals surface area contributed by atoms with Crippen molar-refractivity contribution in [1.82, 2.24) is 4.90 Å². The summed E-state index contributed by atoms with van der Waals surface area (Å²) in [6, 6.07) is 19.8. The van der Waals surface area contributed by atoms with Crippen molar-refractivity contribution in [2.24, 2.45) is 4.99 Å². The molecule has 0 spiro atoms. The molecule has 0 saturated carbocycles. The van der Waals surface area contributed by atoms with Gasteiger partial charge in [-0.2, -0.15) is 0 Å². The number of benzene rings is 3. The number of halogens is 3. The molecule has 1 aliphatic rings. The minimum Gasteiger partial charge on any atom is -0.488 e. The Kier molecular flexibility index (Phi) is 7.87. The van der Waals surface area contributed by atoms with Crippen molar-refractivity contribution in [2.45, 2.75) is 13.5 Å². The zero-order valence-electron chi connectivity index (χ0n) is 17.6. The van der Waals surface area contributed by atoms with Gasteiger partial charge >= 0.3 is 0 Å². The largest absolute Gasteiger partial charge is 0.488 e. The predicted molar refractivity (Wildman–Crippen MR) is 144 cm³/mol. The highest BCUT2D eigenvalue weighted by Crippen LogP contribution is 2.35. The molecule has 33 heavy (non-hydrogen) atoms. The van der Waals surface area contributed by atoms with E-state index in [1.165, 1.54) is 27.5 Å². The lowest BCUT2D eigenvalue weighted by atomic mass is 10.2. The van der Waals surface area contributed by atoms with Crippen LogP contribution in [0.25, 0.3) is 6.08 Å². The number of nitrogens with zero attached hydrogens (tertiary/aromatic N) is 2. The number of carbonyl (C=O) groups is 1. The fourth-order valence-corrected chi connectivity index (χ4v) is 5.05. The lowest BCUT2D eigenvalue weighted by Crippen LogP contribution is -2.28. The Labute approximate surface area is 218 Å². The fraction of sp³-hybridized carbons (Fsp3) is 0.120. The van der Waals surface area contributed by atoms with Crippen molar-refractivity contribution in [3.63, 3.8) is 0 Å². The molecule has 0 radical (unpaired) electrons. The monoisotopic (exact) mass is 636 g/mol. The molecule has 168 valence electrons. The van der Waals surface area contributed by atoms with E-state index in [9.17, 15) is 9.18 Å². The Morgan fingerprint density at radius 1 is 1.12 bits per heavy atom. The van der Waals surface area contributed by atoms with Crippen molar-refractivity contribution in [3.05, 3.63) is 96.6 Å². The Bertz CT molecular complexity index is 1230. The van der Waals surface area contributed by atoms with Gasteiger partial charge < -0.3 is 4.74 Å². The molecule has 0 unspecified atom stereocenters. The van der Waals surface area contributed by atoms with Gasteiger partial charge in [-0.05, 0) is 123 Å². The third-order valence-electron chi connectivity index (χ3n) is 4.82. The number of carbonyl (C=O) groups excluding carboxylic acids is 1. The van der Waals surface area contributed by atoms with Crippen molar-refractivity contribution in [2.75, 3.05) is 6.54 Å². The van der Waals surface area contributed by atoms with E-state index in [4.69, 9.17) is 4.74 Å². The number of hydrogen-bond donors (Lipinski definition) is 0. The molecule has 4 rings (SSSR count). The summed E-state index contributed by atoms with van der Waals surface area (Å²) < 4.78 is 21.1. The topological polar surface area (TPSA) is 41.9 Å². The maximum Gasteiger partial charge on any atom is 0.266 e. The average molecular weight is 637 g/mol. The van der Waals surface area contributed by atoms with Crippen molar-refractivity contribution in [1.29, 1.82) is 0 Å². The highest BCUT2D eigenvalue weighted by molar-refractivity contribution is 14.1. The summed E-state index contributed by atoms with van der Waals surface area (Å²) in [5.41, 5.74) is 2.57. The van der Waals surface area contributed by atoms with Crippen LogP contribution in [0.5, 0.6) is 5.75 Å². The van der Waals surface area contributed by atoms with Crippen LogP contribution >= 0.6 is 50.3 Å². The molecule has 8 heteroatoms. The smallest absolute Gasteiger partial charge is 0.266 e. The standard InChI is InChI=1S/C25H19BrFIN2O2S/c1-2-30-24(31)23(33-25(30)29-20-10-6-18(27)7-11-20)14-17-5-12-22(21(26)13-17)32-15-16-3-8-19(28)9-4-16/h3-14H,2,15H2,1H3/b23-14+,29-25?. The lowest BCUT2D eigenvalue weighted by Gasteiger charge is -2.12. The van der Waals surface area contributed by atoms with Gasteiger partial charge in [-0.1, -0.05) is 18.2 Å². The van der Waals surface area contributed by atoms with Crippen LogP contribution in [-0.4, -0.2) is 22.5 Å².